The molecule has 6 heteroatoms. The summed E-state index contributed by atoms with van der Waals surface area (Å²) in [5.74, 6) is 0.299. The number of likely N-dealkylation sites (tertiary alicyclic amines) is 1. The van der Waals surface area contributed by atoms with Crippen LogP contribution in [0.15, 0.2) is 48.5 Å². The highest BCUT2D eigenvalue weighted by atomic mass is 16.5. The number of hydrogen-bond donors (Lipinski definition) is 3. The standard InChI is InChI=1S/C27H37N3O3/c1-17(2)33-16-8-15-30-25(18-11-13-19(14-12-18)27(3,4)5)22-23(28-29-24(22)26(30)32)20-9-6-7-10-21(20)31/h6-7,9-14,17,22-25,28-29,31H,8,15-16H2,1-5H3. The van der Waals surface area contributed by atoms with E-state index in [0.29, 0.717) is 13.2 Å². The molecule has 6 nitrogen and oxygen atoms in total. The zero-order chi connectivity index (χ0) is 23.8. The third kappa shape index (κ3) is 4.79. The van der Waals surface area contributed by atoms with E-state index in [9.17, 15) is 9.90 Å². The second-order valence-corrected chi connectivity index (χ2v) is 10.5. The predicted molar refractivity (Wildman–Crippen MR) is 130 cm³/mol. The van der Waals surface area contributed by atoms with E-state index >= 15 is 0 Å². The third-order valence-electron chi connectivity index (χ3n) is 6.80. The van der Waals surface area contributed by atoms with Crippen LogP contribution < -0.4 is 10.9 Å². The quantitative estimate of drug-likeness (QED) is 0.550. The van der Waals surface area contributed by atoms with Gasteiger partial charge in [0.05, 0.1) is 18.2 Å². The van der Waals surface area contributed by atoms with Crippen LogP contribution in [-0.4, -0.2) is 41.2 Å². The Balaban J connectivity index is 1.67. The van der Waals surface area contributed by atoms with Crippen LogP contribution in [0, 0.1) is 5.92 Å². The highest BCUT2D eigenvalue weighted by molar-refractivity contribution is 5.86. The molecule has 0 aliphatic carbocycles. The van der Waals surface area contributed by atoms with Crippen molar-refractivity contribution >= 4 is 5.91 Å². The van der Waals surface area contributed by atoms with Gasteiger partial charge in [0.15, 0.2) is 0 Å². The summed E-state index contributed by atoms with van der Waals surface area (Å²) in [7, 11) is 0. The van der Waals surface area contributed by atoms with Gasteiger partial charge >= 0.3 is 0 Å². The molecule has 0 bridgehead atoms. The Kier molecular flexibility index (Phi) is 6.80. The number of ether oxygens (including phenoxy) is 1. The number of phenolic OH excluding ortho intramolecular Hbond substituents is 1. The van der Waals surface area contributed by atoms with E-state index in [-0.39, 0.29) is 47.2 Å². The van der Waals surface area contributed by atoms with Gasteiger partial charge in [-0.05, 0) is 42.9 Å². The van der Waals surface area contributed by atoms with Crippen molar-refractivity contribution in [2.45, 2.75) is 70.7 Å². The summed E-state index contributed by atoms with van der Waals surface area (Å²) in [6, 6.07) is 15.5. The summed E-state index contributed by atoms with van der Waals surface area (Å²) in [6.07, 6.45) is 0.963. The summed E-state index contributed by atoms with van der Waals surface area (Å²) in [4.78, 5) is 15.5. The smallest absolute Gasteiger partial charge is 0.242 e. The van der Waals surface area contributed by atoms with Crippen LogP contribution in [0.5, 0.6) is 5.75 Å². The topological polar surface area (TPSA) is 73.8 Å². The molecule has 0 spiro atoms. The van der Waals surface area contributed by atoms with Gasteiger partial charge < -0.3 is 14.7 Å². The monoisotopic (exact) mass is 451 g/mol. The van der Waals surface area contributed by atoms with E-state index in [1.165, 1.54) is 5.56 Å². The van der Waals surface area contributed by atoms with Gasteiger partial charge in [0.25, 0.3) is 0 Å². The Labute approximate surface area is 197 Å². The first-order chi connectivity index (χ1) is 15.7. The maximum Gasteiger partial charge on any atom is 0.242 e. The molecule has 4 atom stereocenters. The molecule has 4 unspecified atom stereocenters. The van der Waals surface area contributed by atoms with Gasteiger partial charge in [0.2, 0.25) is 5.91 Å². The van der Waals surface area contributed by atoms with Gasteiger partial charge in [-0.1, -0.05) is 63.2 Å². The molecule has 2 aliphatic heterocycles. The molecule has 2 fully saturated rings. The number of hydrogen-bond acceptors (Lipinski definition) is 5. The molecular weight excluding hydrogens is 414 g/mol. The van der Waals surface area contributed by atoms with Gasteiger partial charge in [0.1, 0.15) is 11.8 Å². The van der Waals surface area contributed by atoms with E-state index < -0.39 is 0 Å². The van der Waals surface area contributed by atoms with E-state index in [1.54, 1.807) is 6.07 Å². The minimum Gasteiger partial charge on any atom is -0.508 e. The summed E-state index contributed by atoms with van der Waals surface area (Å²) in [5.41, 5.74) is 9.81. The van der Waals surface area contributed by atoms with Gasteiger partial charge in [-0.15, -0.1) is 0 Å². The van der Waals surface area contributed by atoms with Crippen molar-refractivity contribution in [2.24, 2.45) is 5.92 Å². The predicted octanol–water partition coefficient (Wildman–Crippen LogP) is 4.22. The largest absolute Gasteiger partial charge is 0.508 e. The fourth-order valence-electron chi connectivity index (χ4n) is 5.10. The van der Waals surface area contributed by atoms with E-state index in [0.717, 1.165) is 17.5 Å². The van der Waals surface area contributed by atoms with Crippen molar-refractivity contribution in [1.82, 2.24) is 15.8 Å². The van der Waals surface area contributed by atoms with Gasteiger partial charge in [-0.25, -0.2) is 10.9 Å². The van der Waals surface area contributed by atoms with Crippen molar-refractivity contribution in [3.63, 3.8) is 0 Å². The maximum absolute atomic E-state index is 13.5. The first kappa shape index (κ1) is 23.7. The van der Waals surface area contributed by atoms with Gasteiger partial charge in [-0.3, -0.25) is 4.79 Å². The molecule has 0 saturated carbocycles. The molecule has 0 radical (unpaired) electrons. The number of para-hydroxylation sites is 1. The van der Waals surface area contributed by atoms with Crippen LogP contribution in [0.2, 0.25) is 0 Å². The Morgan fingerprint density at radius 2 is 1.70 bits per heavy atom. The minimum atomic E-state index is -0.340. The van der Waals surface area contributed by atoms with Crippen LogP contribution in [0.4, 0.5) is 0 Å². The number of nitrogens with zero attached hydrogens (tertiary/aromatic N) is 1. The summed E-state index contributed by atoms with van der Waals surface area (Å²) < 4.78 is 5.73. The normalized spacial score (nSPS) is 25.2. The highest BCUT2D eigenvalue weighted by Gasteiger charge is 2.55. The minimum absolute atomic E-state index is 0.0442. The van der Waals surface area contributed by atoms with Gasteiger partial charge in [-0.2, -0.15) is 0 Å². The molecule has 4 rings (SSSR count). The second-order valence-electron chi connectivity index (χ2n) is 10.5. The molecule has 2 heterocycles. The lowest BCUT2D eigenvalue weighted by Crippen LogP contribution is -2.41. The average molecular weight is 452 g/mol. The molecule has 1 amide bonds. The van der Waals surface area contributed by atoms with E-state index in [1.807, 2.05) is 36.9 Å². The molecule has 3 N–H and O–H groups in total. The summed E-state index contributed by atoms with van der Waals surface area (Å²) in [6.45, 7) is 11.9. The number of rotatable bonds is 7. The first-order valence-electron chi connectivity index (χ1n) is 12.0. The fraction of sp³-hybridized carbons (Fsp3) is 0.519. The number of phenols is 1. The number of carbonyl (C=O) groups is 1. The second kappa shape index (κ2) is 9.45. The van der Waals surface area contributed by atoms with Gasteiger partial charge in [0, 0.05) is 24.6 Å². The molecule has 33 heavy (non-hydrogen) atoms. The molecule has 178 valence electrons. The Bertz CT molecular complexity index is 967. The van der Waals surface area contributed by atoms with E-state index in [2.05, 4.69) is 55.9 Å². The number of benzene rings is 2. The summed E-state index contributed by atoms with van der Waals surface area (Å²) >= 11 is 0. The number of hydrazine groups is 1. The van der Waals surface area contributed by atoms with Crippen LogP contribution in [0.25, 0.3) is 0 Å². The molecule has 2 saturated heterocycles. The van der Waals surface area contributed by atoms with Crippen molar-refractivity contribution < 1.29 is 14.6 Å². The lowest BCUT2D eigenvalue weighted by atomic mass is 9.81. The van der Waals surface area contributed by atoms with Crippen molar-refractivity contribution in [1.29, 1.82) is 0 Å². The molecule has 2 aromatic rings. The first-order valence-corrected chi connectivity index (χ1v) is 12.0. The molecule has 2 aromatic carbocycles. The lowest BCUT2D eigenvalue weighted by Gasteiger charge is -2.32. The van der Waals surface area contributed by atoms with Crippen molar-refractivity contribution in [3.05, 3.63) is 65.2 Å². The lowest BCUT2D eigenvalue weighted by molar-refractivity contribution is -0.131. The van der Waals surface area contributed by atoms with Crippen molar-refractivity contribution in [2.75, 3.05) is 13.2 Å². The average Bonchev–Trinajstić information content (AvgIpc) is 3.30. The van der Waals surface area contributed by atoms with Crippen LogP contribution >= 0.6 is 0 Å². The zero-order valence-electron chi connectivity index (χ0n) is 20.3. The summed E-state index contributed by atoms with van der Waals surface area (Å²) in [5, 5.41) is 10.5. The Morgan fingerprint density at radius 3 is 2.33 bits per heavy atom. The SMILES string of the molecule is CC(C)OCCCN1C(=O)C2NNC(c3ccccc3O)C2C1c1ccc(C(C)(C)C)cc1. The fourth-order valence-corrected chi connectivity index (χ4v) is 5.10. The Hall–Kier alpha value is -2.41. The number of fused-ring (bicyclic) bond motifs is 1. The number of aromatic hydroxyl groups is 1. The highest BCUT2D eigenvalue weighted by Crippen LogP contribution is 2.48. The molecular formula is C27H37N3O3. The van der Waals surface area contributed by atoms with Crippen LogP contribution in [0.1, 0.15) is 69.8 Å². The third-order valence-corrected chi connectivity index (χ3v) is 6.80. The molecule has 0 aromatic heterocycles. The zero-order valence-corrected chi connectivity index (χ0v) is 20.3. The van der Waals surface area contributed by atoms with E-state index in [4.69, 9.17) is 4.74 Å². The number of nitrogens with one attached hydrogen (secondary N) is 2. The maximum atomic E-state index is 13.5. The van der Waals surface area contributed by atoms with Crippen LogP contribution in [0.3, 0.4) is 0 Å². The number of amides is 1. The van der Waals surface area contributed by atoms with Crippen LogP contribution in [-0.2, 0) is 14.9 Å². The molecule has 2 aliphatic rings. The number of carbonyl (C=O) groups excluding carboxylic acids is 1. The Morgan fingerprint density at radius 1 is 1.03 bits per heavy atom. The van der Waals surface area contributed by atoms with Crippen molar-refractivity contribution in [3.8, 4) is 5.75 Å².